The van der Waals surface area contributed by atoms with Gasteiger partial charge in [-0.1, -0.05) is 6.07 Å². The average molecular weight is 202 g/mol. The SMILES string of the molecule is Cc1cn(CCc2ccccn2)nc1N. The van der Waals surface area contributed by atoms with Crippen molar-refractivity contribution in [3.05, 3.63) is 41.9 Å². The topological polar surface area (TPSA) is 56.7 Å². The standard InChI is InChI=1S/C11H14N4/c1-9-8-15(14-11(9)12)7-5-10-4-2-3-6-13-10/h2-4,6,8H,5,7H2,1H3,(H2,12,14). The monoisotopic (exact) mass is 202 g/mol. The number of aromatic nitrogens is 3. The number of pyridine rings is 1. The van der Waals surface area contributed by atoms with Gasteiger partial charge in [0.15, 0.2) is 0 Å². The number of hydrogen-bond donors (Lipinski definition) is 1. The molecule has 2 heterocycles. The summed E-state index contributed by atoms with van der Waals surface area (Å²) in [7, 11) is 0. The molecule has 0 aliphatic heterocycles. The quantitative estimate of drug-likeness (QED) is 0.818. The Hall–Kier alpha value is -1.84. The summed E-state index contributed by atoms with van der Waals surface area (Å²) in [6.45, 7) is 2.77. The van der Waals surface area contributed by atoms with Gasteiger partial charge >= 0.3 is 0 Å². The van der Waals surface area contributed by atoms with Crippen molar-refractivity contribution >= 4 is 5.82 Å². The van der Waals surface area contributed by atoms with Crippen molar-refractivity contribution in [1.29, 1.82) is 0 Å². The minimum absolute atomic E-state index is 0.607. The second-order valence-corrected chi connectivity index (χ2v) is 3.53. The van der Waals surface area contributed by atoms with Crippen molar-refractivity contribution in [3.63, 3.8) is 0 Å². The van der Waals surface area contributed by atoms with Crippen molar-refractivity contribution in [2.75, 3.05) is 5.73 Å². The van der Waals surface area contributed by atoms with Crippen LogP contribution in [-0.2, 0) is 13.0 Å². The number of aryl methyl sites for hydroxylation is 3. The maximum atomic E-state index is 5.66. The van der Waals surface area contributed by atoms with E-state index in [0.717, 1.165) is 24.2 Å². The van der Waals surface area contributed by atoms with Crippen LogP contribution in [0.15, 0.2) is 30.6 Å². The van der Waals surface area contributed by atoms with Gasteiger partial charge in [0.1, 0.15) is 5.82 Å². The van der Waals surface area contributed by atoms with Crippen LogP contribution < -0.4 is 5.73 Å². The second kappa shape index (κ2) is 4.13. The van der Waals surface area contributed by atoms with Crippen LogP contribution in [-0.4, -0.2) is 14.8 Å². The number of hydrogen-bond acceptors (Lipinski definition) is 3. The zero-order chi connectivity index (χ0) is 10.7. The van der Waals surface area contributed by atoms with E-state index in [2.05, 4.69) is 10.1 Å². The number of rotatable bonds is 3. The second-order valence-electron chi connectivity index (χ2n) is 3.53. The van der Waals surface area contributed by atoms with Crippen molar-refractivity contribution in [2.24, 2.45) is 0 Å². The van der Waals surface area contributed by atoms with Crippen LogP contribution in [0, 0.1) is 6.92 Å². The molecule has 2 aromatic rings. The van der Waals surface area contributed by atoms with Crippen LogP contribution >= 0.6 is 0 Å². The summed E-state index contributed by atoms with van der Waals surface area (Å²) in [5.41, 5.74) is 7.76. The molecule has 0 amide bonds. The third-order valence-electron chi connectivity index (χ3n) is 2.31. The van der Waals surface area contributed by atoms with Crippen LogP contribution in [0.4, 0.5) is 5.82 Å². The van der Waals surface area contributed by atoms with Gasteiger partial charge in [0.25, 0.3) is 0 Å². The predicted octanol–water partition coefficient (Wildman–Crippen LogP) is 1.41. The Morgan fingerprint density at radius 3 is 2.87 bits per heavy atom. The molecule has 0 aromatic carbocycles. The van der Waals surface area contributed by atoms with Crippen molar-refractivity contribution in [2.45, 2.75) is 19.9 Å². The molecular formula is C11H14N4. The summed E-state index contributed by atoms with van der Waals surface area (Å²) in [5, 5.41) is 4.19. The van der Waals surface area contributed by atoms with Crippen LogP contribution in [0.25, 0.3) is 0 Å². The van der Waals surface area contributed by atoms with Gasteiger partial charge < -0.3 is 5.73 Å². The van der Waals surface area contributed by atoms with Crippen LogP contribution in [0.1, 0.15) is 11.3 Å². The summed E-state index contributed by atoms with van der Waals surface area (Å²) in [6.07, 6.45) is 4.64. The maximum Gasteiger partial charge on any atom is 0.148 e. The molecule has 15 heavy (non-hydrogen) atoms. The third kappa shape index (κ3) is 2.34. The van der Waals surface area contributed by atoms with Crippen LogP contribution in [0.2, 0.25) is 0 Å². The highest BCUT2D eigenvalue weighted by molar-refractivity contribution is 5.35. The van der Waals surface area contributed by atoms with Gasteiger partial charge in [0, 0.05) is 36.6 Å². The molecule has 0 bridgehead atoms. The lowest BCUT2D eigenvalue weighted by molar-refractivity contribution is 0.610. The minimum atomic E-state index is 0.607. The van der Waals surface area contributed by atoms with E-state index in [0.29, 0.717) is 5.82 Å². The van der Waals surface area contributed by atoms with E-state index in [4.69, 9.17) is 5.73 Å². The molecule has 2 N–H and O–H groups in total. The number of anilines is 1. The van der Waals surface area contributed by atoms with Gasteiger partial charge in [-0.25, -0.2) is 0 Å². The van der Waals surface area contributed by atoms with E-state index in [1.54, 1.807) is 6.20 Å². The van der Waals surface area contributed by atoms with Crippen LogP contribution in [0.5, 0.6) is 0 Å². The maximum absolute atomic E-state index is 5.66. The Morgan fingerprint density at radius 2 is 2.27 bits per heavy atom. The molecule has 0 saturated heterocycles. The molecule has 2 aromatic heterocycles. The molecule has 0 spiro atoms. The predicted molar refractivity (Wildman–Crippen MR) is 59.3 cm³/mol. The van der Waals surface area contributed by atoms with E-state index in [-0.39, 0.29) is 0 Å². The van der Waals surface area contributed by atoms with Gasteiger partial charge in [0.05, 0.1) is 0 Å². The fraction of sp³-hybridized carbons (Fsp3) is 0.273. The zero-order valence-electron chi connectivity index (χ0n) is 8.72. The van der Waals surface area contributed by atoms with Crippen molar-refractivity contribution in [1.82, 2.24) is 14.8 Å². The Balaban J connectivity index is 1.99. The van der Waals surface area contributed by atoms with E-state index in [1.165, 1.54) is 0 Å². The molecular weight excluding hydrogens is 188 g/mol. The number of nitrogen functional groups attached to an aromatic ring is 1. The Morgan fingerprint density at radius 1 is 1.40 bits per heavy atom. The van der Waals surface area contributed by atoms with Crippen molar-refractivity contribution < 1.29 is 0 Å². The third-order valence-corrected chi connectivity index (χ3v) is 2.31. The Bertz CT molecular complexity index is 414. The van der Waals surface area contributed by atoms with Gasteiger partial charge in [0.2, 0.25) is 0 Å². The summed E-state index contributed by atoms with van der Waals surface area (Å²) in [4.78, 5) is 4.25. The summed E-state index contributed by atoms with van der Waals surface area (Å²) < 4.78 is 1.86. The summed E-state index contributed by atoms with van der Waals surface area (Å²) >= 11 is 0. The van der Waals surface area contributed by atoms with E-state index in [1.807, 2.05) is 36.0 Å². The van der Waals surface area contributed by atoms with E-state index >= 15 is 0 Å². The average Bonchev–Trinajstić information content (AvgIpc) is 2.57. The minimum Gasteiger partial charge on any atom is -0.382 e. The van der Waals surface area contributed by atoms with Gasteiger partial charge in [-0.15, -0.1) is 0 Å². The molecule has 78 valence electrons. The molecule has 2 rings (SSSR count). The van der Waals surface area contributed by atoms with Gasteiger partial charge in [-0.05, 0) is 19.1 Å². The molecule has 0 aliphatic rings. The largest absolute Gasteiger partial charge is 0.382 e. The fourth-order valence-corrected chi connectivity index (χ4v) is 1.43. The zero-order valence-corrected chi connectivity index (χ0v) is 8.72. The van der Waals surface area contributed by atoms with E-state index < -0.39 is 0 Å². The fourth-order valence-electron chi connectivity index (χ4n) is 1.43. The highest BCUT2D eigenvalue weighted by atomic mass is 15.3. The van der Waals surface area contributed by atoms with E-state index in [9.17, 15) is 0 Å². The molecule has 4 heteroatoms. The highest BCUT2D eigenvalue weighted by Gasteiger charge is 2.00. The Kier molecular flexibility index (Phi) is 2.67. The lowest BCUT2D eigenvalue weighted by atomic mass is 10.3. The molecule has 4 nitrogen and oxygen atoms in total. The molecule has 0 aliphatic carbocycles. The molecule has 0 atom stereocenters. The van der Waals surface area contributed by atoms with Gasteiger partial charge in [-0.3, -0.25) is 9.67 Å². The van der Waals surface area contributed by atoms with Crippen molar-refractivity contribution in [3.8, 4) is 0 Å². The first-order chi connectivity index (χ1) is 7.25. The first-order valence-electron chi connectivity index (χ1n) is 4.95. The molecule has 0 saturated carbocycles. The molecule has 0 radical (unpaired) electrons. The lowest BCUT2D eigenvalue weighted by Gasteiger charge is -2.00. The normalized spacial score (nSPS) is 10.5. The van der Waals surface area contributed by atoms with Gasteiger partial charge in [-0.2, -0.15) is 5.10 Å². The molecule has 0 unspecified atom stereocenters. The van der Waals surface area contributed by atoms with Crippen LogP contribution in [0.3, 0.4) is 0 Å². The number of nitrogens with zero attached hydrogens (tertiary/aromatic N) is 3. The number of nitrogens with two attached hydrogens (primary N) is 1. The smallest absolute Gasteiger partial charge is 0.148 e. The Labute approximate surface area is 88.8 Å². The lowest BCUT2D eigenvalue weighted by Crippen LogP contribution is -2.03. The highest BCUT2D eigenvalue weighted by Crippen LogP contribution is 2.06. The summed E-state index contributed by atoms with van der Waals surface area (Å²) in [6, 6.07) is 5.92. The summed E-state index contributed by atoms with van der Waals surface area (Å²) in [5.74, 6) is 0.607. The first kappa shape index (κ1) is 9.71. The first-order valence-corrected chi connectivity index (χ1v) is 4.95. The molecule has 0 fully saturated rings.